The summed E-state index contributed by atoms with van der Waals surface area (Å²) in [5, 5.41) is 9.47. The number of nitriles is 1. The predicted molar refractivity (Wildman–Crippen MR) is 98.0 cm³/mol. The average molecular weight is 373 g/mol. The van der Waals surface area contributed by atoms with E-state index in [2.05, 4.69) is 11.1 Å². The van der Waals surface area contributed by atoms with Gasteiger partial charge in [-0.15, -0.1) is 0 Å². The number of aromatic nitrogens is 1. The number of hydrogen-bond acceptors (Lipinski definition) is 4. The number of nitrogens with zero attached hydrogens (tertiary/aromatic N) is 3. The lowest BCUT2D eigenvalue weighted by Gasteiger charge is -2.25. The Labute approximate surface area is 161 Å². The summed E-state index contributed by atoms with van der Waals surface area (Å²) in [6.07, 6.45) is 4.15. The molecule has 2 aromatic carbocycles. The third-order valence-corrected chi connectivity index (χ3v) is 5.62. The van der Waals surface area contributed by atoms with Crippen molar-refractivity contribution in [3.8, 4) is 17.2 Å². The summed E-state index contributed by atoms with van der Waals surface area (Å²) < 4.78 is 18.8. The fourth-order valence-electron chi connectivity index (χ4n) is 3.90. The second kappa shape index (κ2) is 6.03. The highest BCUT2D eigenvalue weighted by atomic mass is 19.1. The molecule has 6 heteroatoms. The Bertz CT molecular complexity index is 1100. The number of oxazole rings is 1. The molecule has 5 nitrogen and oxygen atoms in total. The summed E-state index contributed by atoms with van der Waals surface area (Å²) in [5.41, 5.74) is 2.90. The SMILES string of the molecule is N#CC1(C(=O)N2Cc3cc(-c4ccc(F)cc4)ccc3[C@@H]2c2cnco2)CC1. The molecular formula is C22H16FN3O2. The lowest BCUT2D eigenvalue weighted by Crippen LogP contribution is -2.35. The van der Waals surface area contributed by atoms with E-state index in [1.165, 1.54) is 18.5 Å². The third kappa shape index (κ3) is 2.51. The Morgan fingerprint density at radius 1 is 1.21 bits per heavy atom. The summed E-state index contributed by atoms with van der Waals surface area (Å²) in [6.45, 7) is 0.401. The van der Waals surface area contributed by atoms with Crippen LogP contribution in [0.5, 0.6) is 0 Å². The van der Waals surface area contributed by atoms with E-state index in [-0.39, 0.29) is 11.7 Å². The van der Waals surface area contributed by atoms with Gasteiger partial charge in [0.05, 0.1) is 12.3 Å². The van der Waals surface area contributed by atoms with Crippen LogP contribution in [-0.4, -0.2) is 15.8 Å². The molecule has 1 saturated carbocycles. The van der Waals surface area contributed by atoms with E-state index in [1.807, 2.05) is 18.2 Å². The lowest BCUT2D eigenvalue weighted by molar-refractivity contribution is -0.137. The minimum absolute atomic E-state index is 0.157. The fraction of sp³-hybridized carbons (Fsp3) is 0.227. The molecule has 1 fully saturated rings. The van der Waals surface area contributed by atoms with E-state index in [0.717, 1.165) is 22.3 Å². The van der Waals surface area contributed by atoms with Gasteiger partial charge in [0.25, 0.3) is 0 Å². The molecule has 1 atom stereocenters. The van der Waals surface area contributed by atoms with Crippen molar-refractivity contribution in [2.75, 3.05) is 0 Å². The Morgan fingerprint density at radius 2 is 1.96 bits per heavy atom. The molecule has 1 amide bonds. The standard InChI is InChI=1S/C22H16FN3O2/c23-17-4-1-14(2-5-17)15-3-6-18-16(9-15)11-26(20(18)19-10-25-13-28-19)21(27)22(12-24)7-8-22/h1-6,9-10,13,20H,7-8,11H2/t20-/m1/s1. The molecule has 1 aliphatic heterocycles. The van der Waals surface area contributed by atoms with E-state index in [0.29, 0.717) is 25.1 Å². The van der Waals surface area contributed by atoms with Crippen LogP contribution < -0.4 is 0 Å². The van der Waals surface area contributed by atoms with Gasteiger partial charge < -0.3 is 9.32 Å². The van der Waals surface area contributed by atoms with Crippen molar-refractivity contribution in [2.24, 2.45) is 5.41 Å². The summed E-state index contributed by atoms with van der Waals surface area (Å²) in [4.78, 5) is 18.8. The van der Waals surface area contributed by atoms with Crippen LogP contribution in [0.25, 0.3) is 11.1 Å². The Morgan fingerprint density at radius 3 is 2.61 bits per heavy atom. The molecule has 0 unspecified atom stereocenters. The maximum atomic E-state index is 13.2. The van der Waals surface area contributed by atoms with Crippen molar-refractivity contribution < 1.29 is 13.6 Å². The first kappa shape index (κ1) is 16.7. The number of carbonyl (C=O) groups is 1. The van der Waals surface area contributed by atoms with Gasteiger partial charge in [-0.1, -0.05) is 24.3 Å². The molecule has 1 aromatic heterocycles. The van der Waals surface area contributed by atoms with Crippen LogP contribution in [0.1, 0.15) is 35.8 Å². The Balaban J connectivity index is 1.56. The maximum Gasteiger partial charge on any atom is 0.244 e. The van der Waals surface area contributed by atoms with Crippen LogP contribution in [0.3, 0.4) is 0 Å². The highest BCUT2D eigenvalue weighted by Crippen LogP contribution is 2.50. The van der Waals surface area contributed by atoms with Crippen molar-refractivity contribution in [3.05, 3.63) is 77.8 Å². The summed E-state index contributed by atoms with van der Waals surface area (Å²) in [7, 11) is 0. The van der Waals surface area contributed by atoms with Crippen molar-refractivity contribution in [3.63, 3.8) is 0 Å². The molecule has 3 aromatic rings. The van der Waals surface area contributed by atoms with E-state index in [4.69, 9.17) is 4.42 Å². The number of carbonyl (C=O) groups excluding carboxylic acids is 1. The Hall–Kier alpha value is -3.46. The number of benzene rings is 2. The van der Waals surface area contributed by atoms with Gasteiger partial charge in [-0.2, -0.15) is 5.26 Å². The van der Waals surface area contributed by atoms with E-state index < -0.39 is 11.5 Å². The predicted octanol–water partition coefficient (Wildman–Crippen LogP) is 4.22. The van der Waals surface area contributed by atoms with Crippen LogP contribution in [0.2, 0.25) is 0 Å². The molecule has 1 aliphatic carbocycles. The molecule has 0 radical (unpaired) electrons. The quantitative estimate of drug-likeness (QED) is 0.689. The van der Waals surface area contributed by atoms with Gasteiger partial charge in [0, 0.05) is 6.54 Å². The van der Waals surface area contributed by atoms with Crippen LogP contribution in [-0.2, 0) is 11.3 Å². The van der Waals surface area contributed by atoms with Crippen LogP contribution in [0.4, 0.5) is 4.39 Å². The highest BCUT2D eigenvalue weighted by molar-refractivity contribution is 5.89. The smallest absolute Gasteiger partial charge is 0.244 e. The van der Waals surface area contributed by atoms with E-state index in [1.54, 1.807) is 23.2 Å². The topological polar surface area (TPSA) is 70.1 Å². The zero-order chi connectivity index (χ0) is 19.3. The van der Waals surface area contributed by atoms with Gasteiger partial charge in [0.15, 0.2) is 12.2 Å². The third-order valence-electron chi connectivity index (χ3n) is 5.62. The number of hydrogen-bond donors (Lipinski definition) is 0. The van der Waals surface area contributed by atoms with Crippen molar-refractivity contribution in [1.29, 1.82) is 5.26 Å². The molecular weight excluding hydrogens is 357 g/mol. The van der Waals surface area contributed by atoms with Crippen LogP contribution in [0, 0.1) is 22.6 Å². The molecule has 2 aliphatic rings. The van der Waals surface area contributed by atoms with Gasteiger partial charge in [-0.3, -0.25) is 4.79 Å². The Kier molecular flexibility index (Phi) is 3.59. The number of rotatable bonds is 3. The molecule has 28 heavy (non-hydrogen) atoms. The summed E-state index contributed by atoms with van der Waals surface area (Å²) in [5.74, 6) is 0.143. The number of fused-ring (bicyclic) bond motifs is 1. The highest BCUT2D eigenvalue weighted by Gasteiger charge is 2.55. The van der Waals surface area contributed by atoms with Gasteiger partial charge in [-0.05, 0) is 53.3 Å². The van der Waals surface area contributed by atoms with Crippen molar-refractivity contribution in [2.45, 2.75) is 25.4 Å². The first-order valence-electron chi connectivity index (χ1n) is 9.11. The monoisotopic (exact) mass is 373 g/mol. The van der Waals surface area contributed by atoms with Crippen LogP contribution >= 0.6 is 0 Å². The minimum atomic E-state index is -0.903. The second-order valence-electron chi connectivity index (χ2n) is 7.35. The normalized spacial score (nSPS) is 19.1. The maximum absolute atomic E-state index is 13.2. The van der Waals surface area contributed by atoms with Gasteiger partial charge in [0.1, 0.15) is 17.3 Å². The molecule has 138 valence electrons. The zero-order valence-electron chi connectivity index (χ0n) is 14.9. The number of halogens is 1. The lowest BCUT2D eigenvalue weighted by atomic mass is 9.97. The molecule has 0 saturated heterocycles. The van der Waals surface area contributed by atoms with Crippen LogP contribution in [0.15, 0.2) is 59.5 Å². The first-order valence-corrected chi connectivity index (χ1v) is 9.11. The van der Waals surface area contributed by atoms with Crippen molar-refractivity contribution in [1.82, 2.24) is 9.88 Å². The zero-order valence-corrected chi connectivity index (χ0v) is 14.9. The van der Waals surface area contributed by atoms with Gasteiger partial charge >= 0.3 is 0 Å². The average Bonchev–Trinajstić information content (AvgIpc) is 3.16. The number of amides is 1. The molecule has 2 heterocycles. The largest absolute Gasteiger partial charge is 0.446 e. The summed E-state index contributed by atoms with van der Waals surface area (Å²) >= 11 is 0. The second-order valence-corrected chi connectivity index (χ2v) is 7.35. The molecule has 0 bridgehead atoms. The molecule has 0 N–H and O–H groups in total. The van der Waals surface area contributed by atoms with Crippen molar-refractivity contribution >= 4 is 5.91 Å². The molecule has 5 rings (SSSR count). The fourth-order valence-corrected chi connectivity index (χ4v) is 3.90. The van der Waals surface area contributed by atoms with Gasteiger partial charge in [-0.25, -0.2) is 9.37 Å². The molecule has 0 spiro atoms. The van der Waals surface area contributed by atoms with E-state index in [9.17, 15) is 14.4 Å². The van der Waals surface area contributed by atoms with E-state index >= 15 is 0 Å². The van der Waals surface area contributed by atoms with Gasteiger partial charge in [0.2, 0.25) is 5.91 Å². The first-order chi connectivity index (χ1) is 13.6. The summed E-state index contributed by atoms with van der Waals surface area (Å²) in [6, 6.07) is 14.1. The minimum Gasteiger partial charge on any atom is -0.446 e.